The second-order valence-electron chi connectivity index (χ2n) is 8.14. The summed E-state index contributed by atoms with van der Waals surface area (Å²) in [5.41, 5.74) is 7.17. The van der Waals surface area contributed by atoms with Crippen molar-refractivity contribution in [1.82, 2.24) is 9.13 Å². The lowest BCUT2D eigenvalue weighted by Crippen LogP contribution is -2.18. The predicted octanol–water partition coefficient (Wildman–Crippen LogP) is 5.69. The van der Waals surface area contributed by atoms with Crippen LogP contribution in [0.15, 0.2) is 48.5 Å². The van der Waals surface area contributed by atoms with Gasteiger partial charge in [0.1, 0.15) is 5.69 Å². The number of aromatic nitrogens is 2. The summed E-state index contributed by atoms with van der Waals surface area (Å²) >= 11 is 0. The number of methoxy groups -OCH3 is 1. The normalized spacial score (nSPS) is 11.7. The zero-order chi connectivity index (χ0) is 21.4. The van der Waals surface area contributed by atoms with Crippen molar-refractivity contribution in [3.63, 3.8) is 0 Å². The Morgan fingerprint density at radius 3 is 2.50 bits per heavy atom. The summed E-state index contributed by atoms with van der Waals surface area (Å²) in [6.07, 6.45) is 0. The Morgan fingerprint density at radius 2 is 1.80 bits per heavy atom. The van der Waals surface area contributed by atoms with E-state index in [0.717, 1.165) is 27.7 Å². The third-order valence-corrected chi connectivity index (χ3v) is 5.79. The van der Waals surface area contributed by atoms with Gasteiger partial charge in [-0.2, -0.15) is 0 Å². The van der Waals surface area contributed by atoms with E-state index in [2.05, 4.69) is 66.4 Å². The number of para-hydroxylation sites is 1. The summed E-state index contributed by atoms with van der Waals surface area (Å²) in [4.78, 5) is 13.3. The first-order chi connectivity index (χ1) is 14.4. The standard InChI is InChI=1S/C25H29N3O2/c1-16(2)28-21-9-7-6-8-20(21)24-22(28)15-23(27(24)12-13-30-5)25(29)26-19-11-10-17(3)18(4)14-19/h6-11,14-16H,12-13H2,1-5H3,(H,26,29). The maximum Gasteiger partial charge on any atom is 0.272 e. The quantitative estimate of drug-likeness (QED) is 0.449. The summed E-state index contributed by atoms with van der Waals surface area (Å²) in [6.45, 7) is 9.62. The fourth-order valence-corrected chi connectivity index (χ4v) is 4.19. The Balaban J connectivity index is 1.87. The van der Waals surface area contributed by atoms with E-state index in [1.54, 1.807) is 7.11 Å². The second-order valence-corrected chi connectivity index (χ2v) is 8.14. The first kappa shape index (κ1) is 20.2. The van der Waals surface area contributed by atoms with Gasteiger partial charge in [-0.15, -0.1) is 0 Å². The van der Waals surface area contributed by atoms with Crippen molar-refractivity contribution < 1.29 is 9.53 Å². The van der Waals surface area contributed by atoms with Gasteiger partial charge in [0, 0.05) is 30.8 Å². The van der Waals surface area contributed by atoms with Crippen molar-refractivity contribution in [2.45, 2.75) is 40.3 Å². The van der Waals surface area contributed by atoms with Gasteiger partial charge in [-0.05, 0) is 63.1 Å². The molecule has 0 aliphatic rings. The number of amides is 1. The molecule has 0 atom stereocenters. The van der Waals surface area contributed by atoms with Gasteiger partial charge in [0.2, 0.25) is 0 Å². The van der Waals surface area contributed by atoms with E-state index < -0.39 is 0 Å². The number of rotatable bonds is 6. The first-order valence-corrected chi connectivity index (χ1v) is 10.4. The minimum atomic E-state index is -0.107. The number of carbonyl (C=O) groups excluding carboxylic acids is 1. The summed E-state index contributed by atoms with van der Waals surface area (Å²) in [6, 6.07) is 16.7. The highest BCUT2D eigenvalue weighted by Gasteiger charge is 2.22. The van der Waals surface area contributed by atoms with Gasteiger partial charge in [0.25, 0.3) is 5.91 Å². The minimum absolute atomic E-state index is 0.107. The lowest BCUT2D eigenvalue weighted by Gasteiger charge is -2.12. The van der Waals surface area contributed by atoms with Gasteiger partial charge in [0.15, 0.2) is 0 Å². The molecular formula is C25H29N3O2. The summed E-state index contributed by atoms with van der Waals surface area (Å²) in [5.74, 6) is -0.107. The van der Waals surface area contributed by atoms with E-state index >= 15 is 0 Å². The van der Waals surface area contributed by atoms with E-state index in [1.165, 1.54) is 11.1 Å². The molecule has 5 nitrogen and oxygen atoms in total. The number of benzene rings is 2. The van der Waals surface area contributed by atoms with E-state index in [0.29, 0.717) is 18.8 Å². The molecule has 1 amide bonds. The monoisotopic (exact) mass is 403 g/mol. The van der Waals surface area contributed by atoms with E-state index in [1.807, 2.05) is 24.3 Å². The second kappa shape index (κ2) is 8.00. The molecule has 2 aromatic carbocycles. The van der Waals surface area contributed by atoms with Gasteiger partial charge in [-0.3, -0.25) is 4.79 Å². The SMILES string of the molecule is COCCn1c(C(=O)Nc2ccc(C)c(C)c2)cc2c1c1ccccc1n2C(C)C. The molecule has 2 aromatic heterocycles. The fourth-order valence-electron chi connectivity index (χ4n) is 4.19. The molecular weight excluding hydrogens is 374 g/mol. The van der Waals surface area contributed by atoms with E-state index in [-0.39, 0.29) is 11.9 Å². The van der Waals surface area contributed by atoms with Gasteiger partial charge < -0.3 is 19.2 Å². The average molecular weight is 404 g/mol. The fraction of sp³-hybridized carbons (Fsp3) is 0.320. The topological polar surface area (TPSA) is 48.2 Å². The van der Waals surface area contributed by atoms with Crippen LogP contribution in [0.1, 0.15) is 41.5 Å². The molecule has 0 aliphatic carbocycles. The number of anilines is 1. The predicted molar refractivity (Wildman–Crippen MR) is 124 cm³/mol. The molecule has 2 heterocycles. The van der Waals surface area contributed by atoms with Crippen LogP contribution in [0, 0.1) is 13.8 Å². The molecule has 0 radical (unpaired) electrons. The third kappa shape index (κ3) is 3.39. The molecule has 4 aromatic rings. The first-order valence-electron chi connectivity index (χ1n) is 10.4. The van der Waals surface area contributed by atoms with Gasteiger partial charge >= 0.3 is 0 Å². The van der Waals surface area contributed by atoms with Crippen molar-refractivity contribution in [1.29, 1.82) is 0 Å². The highest BCUT2D eigenvalue weighted by Crippen LogP contribution is 2.34. The van der Waals surface area contributed by atoms with E-state index in [4.69, 9.17) is 4.74 Å². The largest absolute Gasteiger partial charge is 0.383 e. The van der Waals surface area contributed by atoms with Crippen molar-refractivity contribution in [3.05, 3.63) is 65.4 Å². The lowest BCUT2D eigenvalue weighted by molar-refractivity contribution is 0.101. The van der Waals surface area contributed by atoms with Gasteiger partial charge in [-0.1, -0.05) is 24.3 Å². The molecule has 0 fully saturated rings. The number of nitrogens with zero attached hydrogens (tertiary/aromatic N) is 2. The molecule has 0 unspecified atom stereocenters. The number of ether oxygens (including phenoxy) is 1. The maximum atomic E-state index is 13.3. The Hall–Kier alpha value is -3.05. The maximum absolute atomic E-state index is 13.3. The van der Waals surface area contributed by atoms with Crippen molar-refractivity contribution in [2.24, 2.45) is 0 Å². The van der Waals surface area contributed by atoms with Gasteiger partial charge in [-0.25, -0.2) is 0 Å². The van der Waals surface area contributed by atoms with Crippen LogP contribution in [0.25, 0.3) is 21.9 Å². The van der Waals surface area contributed by atoms with Crippen LogP contribution in [-0.4, -0.2) is 28.8 Å². The number of hydrogen-bond acceptors (Lipinski definition) is 2. The minimum Gasteiger partial charge on any atom is -0.383 e. The molecule has 0 saturated heterocycles. The smallest absolute Gasteiger partial charge is 0.272 e. The van der Waals surface area contributed by atoms with Crippen molar-refractivity contribution in [3.8, 4) is 0 Å². The Bertz CT molecular complexity index is 1230. The number of aryl methyl sites for hydroxylation is 2. The van der Waals surface area contributed by atoms with Crippen LogP contribution < -0.4 is 5.32 Å². The van der Waals surface area contributed by atoms with Crippen LogP contribution in [0.5, 0.6) is 0 Å². The summed E-state index contributed by atoms with van der Waals surface area (Å²) in [7, 11) is 1.69. The van der Waals surface area contributed by atoms with Crippen LogP contribution in [0.4, 0.5) is 5.69 Å². The van der Waals surface area contributed by atoms with Crippen LogP contribution in [0.2, 0.25) is 0 Å². The number of nitrogens with one attached hydrogen (secondary N) is 1. The zero-order valence-corrected chi connectivity index (χ0v) is 18.3. The van der Waals surface area contributed by atoms with Crippen LogP contribution in [0.3, 0.4) is 0 Å². The Labute approximate surface area is 177 Å². The Morgan fingerprint density at radius 1 is 1.03 bits per heavy atom. The molecule has 4 rings (SSSR count). The number of carbonyl (C=O) groups is 1. The molecule has 156 valence electrons. The summed E-state index contributed by atoms with van der Waals surface area (Å²) < 4.78 is 9.75. The molecule has 5 heteroatoms. The highest BCUT2D eigenvalue weighted by atomic mass is 16.5. The van der Waals surface area contributed by atoms with Crippen molar-refractivity contribution >= 4 is 33.5 Å². The van der Waals surface area contributed by atoms with Crippen molar-refractivity contribution in [2.75, 3.05) is 19.0 Å². The molecule has 0 spiro atoms. The Kier molecular flexibility index (Phi) is 5.39. The van der Waals surface area contributed by atoms with Gasteiger partial charge in [0.05, 0.1) is 23.2 Å². The van der Waals surface area contributed by atoms with E-state index in [9.17, 15) is 4.79 Å². The number of hydrogen-bond donors (Lipinski definition) is 1. The molecule has 0 bridgehead atoms. The zero-order valence-electron chi connectivity index (χ0n) is 18.3. The summed E-state index contributed by atoms with van der Waals surface area (Å²) in [5, 5.41) is 4.24. The molecule has 30 heavy (non-hydrogen) atoms. The average Bonchev–Trinajstić information content (AvgIpc) is 3.23. The molecule has 0 aliphatic heterocycles. The van der Waals surface area contributed by atoms with Crippen LogP contribution in [-0.2, 0) is 11.3 Å². The number of fused-ring (bicyclic) bond motifs is 3. The lowest BCUT2D eigenvalue weighted by atomic mass is 10.1. The molecule has 1 N–H and O–H groups in total. The van der Waals surface area contributed by atoms with Crippen LogP contribution >= 0.6 is 0 Å². The molecule has 0 saturated carbocycles. The third-order valence-electron chi connectivity index (χ3n) is 5.79. The highest BCUT2D eigenvalue weighted by molar-refractivity contribution is 6.12.